The number of anilines is 1. The highest BCUT2D eigenvalue weighted by Crippen LogP contribution is 2.28. The van der Waals surface area contributed by atoms with E-state index >= 15 is 0 Å². The summed E-state index contributed by atoms with van der Waals surface area (Å²) in [6.07, 6.45) is 1.85. The summed E-state index contributed by atoms with van der Waals surface area (Å²) in [5.74, 6) is 0. The third-order valence-corrected chi connectivity index (χ3v) is 3.97. The number of hydrogen-bond donors (Lipinski definition) is 1. The Balaban J connectivity index is 2.01. The standard InChI is InChI=1S/C16H15N3S/c1-11-8-13(6-7-18-11)12-4-3-5-14(9-12)15-10-20-16(17-2)19-15/h3-10H,1-2H3,(H,17,19). The molecular weight excluding hydrogens is 266 g/mol. The molecule has 0 aliphatic rings. The Bertz CT molecular complexity index is 734. The maximum atomic E-state index is 4.55. The number of thiazole rings is 1. The lowest BCUT2D eigenvalue weighted by molar-refractivity contribution is 1.20. The maximum Gasteiger partial charge on any atom is 0.182 e. The number of hydrogen-bond acceptors (Lipinski definition) is 4. The van der Waals surface area contributed by atoms with E-state index in [0.29, 0.717) is 0 Å². The van der Waals surface area contributed by atoms with Crippen molar-refractivity contribution in [1.29, 1.82) is 0 Å². The number of benzene rings is 1. The molecule has 3 rings (SSSR count). The van der Waals surface area contributed by atoms with Crippen LogP contribution in [-0.4, -0.2) is 17.0 Å². The molecule has 4 heteroatoms. The van der Waals surface area contributed by atoms with Gasteiger partial charge in [-0.1, -0.05) is 18.2 Å². The first-order valence-electron chi connectivity index (χ1n) is 6.43. The van der Waals surface area contributed by atoms with E-state index in [-0.39, 0.29) is 0 Å². The van der Waals surface area contributed by atoms with Crippen molar-refractivity contribution in [2.24, 2.45) is 0 Å². The summed E-state index contributed by atoms with van der Waals surface area (Å²) < 4.78 is 0. The number of aromatic nitrogens is 2. The minimum atomic E-state index is 0.935. The number of nitrogens with zero attached hydrogens (tertiary/aromatic N) is 2. The smallest absolute Gasteiger partial charge is 0.182 e. The lowest BCUT2D eigenvalue weighted by Crippen LogP contribution is -1.87. The quantitative estimate of drug-likeness (QED) is 0.781. The summed E-state index contributed by atoms with van der Waals surface area (Å²) in [6, 6.07) is 12.6. The van der Waals surface area contributed by atoms with E-state index in [9.17, 15) is 0 Å². The fraction of sp³-hybridized carbons (Fsp3) is 0.125. The zero-order valence-electron chi connectivity index (χ0n) is 11.4. The highest BCUT2D eigenvalue weighted by Gasteiger charge is 2.05. The molecule has 0 saturated carbocycles. The molecule has 0 unspecified atom stereocenters. The highest BCUT2D eigenvalue weighted by molar-refractivity contribution is 7.14. The fourth-order valence-corrected chi connectivity index (χ4v) is 2.79. The molecule has 2 aromatic heterocycles. The van der Waals surface area contributed by atoms with Gasteiger partial charge in [0.05, 0.1) is 5.69 Å². The summed E-state index contributed by atoms with van der Waals surface area (Å²) in [7, 11) is 1.89. The molecule has 1 aromatic carbocycles. The highest BCUT2D eigenvalue weighted by atomic mass is 32.1. The van der Waals surface area contributed by atoms with E-state index in [0.717, 1.165) is 22.1 Å². The van der Waals surface area contributed by atoms with Crippen LogP contribution in [0.3, 0.4) is 0 Å². The molecule has 0 fully saturated rings. The van der Waals surface area contributed by atoms with E-state index in [1.165, 1.54) is 11.1 Å². The molecular formula is C16H15N3S. The molecule has 0 radical (unpaired) electrons. The summed E-state index contributed by atoms with van der Waals surface area (Å²) in [5.41, 5.74) is 5.54. The van der Waals surface area contributed by atoms with Crippen molar-refractivity contribution in [1.82, 2.24) is 9.97 Å². The molecule has 0 saturated heterocycles. The summed E-state index contributed by atoms with van der Waals surface area (Å²) in [6.45, 7) is 2.01. The van der Waals surface area contributed by atoms with E-state index in [2.05, 4.69) is 51.0 Å². The third kappa shape index (κ3) is 2.56. The predicted molar refractivity (Wildman–Crippen MR) is 85.1 cm³/mol. The van der Waals surface area contributed by atoms with Gasteiger partial charge in [0.15, 0.2) is 5.13 Å². The van der Waals surface area contributed by atoms with E-state index < -0.39 is 0 Å². The Labute approximate surface area is 122 Å². The SMILES string of the molecule is CNc1nc(-c2cccc(-c3ccnc(C)c3)c2)cs1. The molecule has 1 N–H and O–H groups in total. The Hall–Kier alpha value is -2.20. The summed E-state index contributed by atoms with van der Waals surface area (Å²) >= 11 is 1.62. The lowest BCUT2D eigenvalue weighted by Gasteiger charge is -2.04. The molecule has 2 heterocycles. The van der Waals surface area contributed by atoms with Crippen molar-refractivity contribution >= 4 is 16.5 Å². The van der Waals surface area contributed by atoms with Crippen LogP contribution in [0.4, 0.5) is 5.13 Å². The molecule has 20 heavy (non-hydrogen) atoms. The summed E-state index contributed by atoms with van der Waals surface area (Å²) in [4.78, 5) is 8.79. The first-order valence-corrected chi connectivity index (χ1v) is 7.31. The normalized spacial score (nSPS) is 10.5. The van der Waals surface area contributed by atoms with Crippen molar-refractivity contribution in [3.63, 3.8) is 0 Å². The van der Waals surface area contributed by atoms with Crippen molar-refractivity contribution in [2.45, 2.75) is 6.92 Å². The molecule has 0 aliphatic heterocycles. The van der Waals surface area contributed by atoms with Crippen LogP contribution in [0, 0.1) is 6.92 Å². The van der Waals surface area contributed by atoms with Crippen LogP contribution in [0.2, 0.25) is 0 Å². The Morgan fingerprint density at radius 3 is 2.60 bits per heavy atom. The molecule has 0 bridgehead atoms. The third-order valence-electron chi connectivity index (χ3n) is 3.11. The molecule has 100 valence electrons. The molecule has 0 amide bonds. The van der Waals surface area contributed by atoms with Crippen molar-refractivity contribution in [3.05, 3.63) is 53.7 Å². The van der Waals surface area contributed by atoms with Crippen LogP contribution < -0.4 is 5.32 Å². The van der Waals surface area contributed by atoms with E-state index in [1.54, 1.807) is 11.3 Å². The van der Waals surface area contributed by atoms with Gasteiger partial charge in [-0.05, 0) is 36.2 Å². The zero-order chi connectivity index (χ0) is 13.9. The van der Waals surface area contributed by atoms with Crippen molar-refractivity contribution in [3.8, 4) is 22.4 Å². The van der Waals surface area contributed by atoms with Crippen LogP contribution >= 0.6 is 11.3 Å². The monoisotopic (exact) mass is 281 g/mol. The number of aryl methyl sites for hydroxylation is 1. The fourth-order valence-electron chi connectivity index (χ4n) is 2.10. The van der Waals surface area contributed by atoms with Gasteiger partial charge in [-0.3, -0.25) is 4.98 Å². The first-order chi connectivity index (χ1) is 9.76. The van der Waals surface area contributed by atoms with Crippen molar-refractivity contribution < 1.29 is 0 Å². The van der Waals surface area contributed by atoms with Crippen LogP contribution in [0.15, 0.2) is 48.0 Å². The molecule has 3 nitrogen and oxygen atoms in total. The topological polar surface area (TPSA) is 37.8 Å². The van der Waals surface area contributed by atoms with Crippen LogP contribution in [0.5, 0.6) is 0 Å². The van der Waals surface area contributed by atoms with Gasteiger partial charge in [0.2, 0.25) is 0 Å². The van der Waals surface area contributed by atoms with Gasteiger partial charge in [-0.25, -0.2) is 4.98 Å². The van der Waals surface area contributed by atoms with Crippen LogP contribution in [-0.2, 0) is 0 Å². The van der Waals surface area contributed by atoms with Gasteiger partial charge in [-0.15, -0.1) is 11.3 Å². The van der Waals surface area contributed by atoms with Gasteiger partial charge < -0.3 is 5.32 Å². The first kappa shape index (κ1) is 12.8. The predicted octanol–water partition coefficient (Wildman–Crippen LogP) is 4.22. The number of rotatable bonds is 3. The Kier molecular flexibility index (Phi) is 3.48. The van der Waals surface area contributed by atoms with Gasteiger partial charge in [-0.2, -0.15) is 0 Å². The van der Waals surface area contributed by atoms with Crippen LogP contribution in [0.25, 0.3) is 22.4 Å². The van der Waals surface area contributed by atoms with Gasteiger partial charge >= 0.3 is 0 Å². The number of pyridine rings is 1. The summed E-state index contributed by atoms with van der Waals surface area (Å²) in [5, 5.41) is 6.08. The van der Waals surface area contributed by atoms with E-state index in [4.69, 9.17) is 0 Å². The molecule has 0 aliphatic carbocycles. The van der Waals surface area contributed by atoms with E-state index in [1.807, 2.05) is 26.2 Å². The maximum absolute atomic E-state index is 4.55. The lowest BCUT2D eigenvalue weighted by atomic mass is 10.0. The second kappa shape index (κ2) is 5.43. The molecule has 0 atom stereocenters. The number of nitrogens with one attached hydrogen (secondary N) is 1. The molecule has 3 aromatic rings. The average Bonchev–Trinajstić information content (AvgIpc) is 2.96. The Morgan fingerprint density at radius 1 is 1.05 bits per heavy atom. The largest absolute Gasteiger partial charge is 0.365 e. The van der Waals surface area contributed by atoms with Gasteiger partial charge in [0.25, 0.3) is 0 Å². The minimum absolute atomic E-state index is 0.935. The van der Waals surface area contributed by atoms with Gasteiger partial charge in [0, 0.05) is 29.9 Å². The second-order valence-electron chi connectivity index (χ2n) is 4.55. The van der Waals surface area contributed by atoms with Crippen molar-refractivity contribution in [2.75, 3.05) is 12.4 Å². The second-order valence-corrected chi connectivity index (χ2v) is 5.41. The minimum Gasteiger partial charge on any atom is -0.365 e. The molecule has 0 spiro atoms. The zero-order valence-corrected chi connectivity index (χ0v) is 12.2. The Morgan fingerprint density at radius 2 is 1.85 bits per heavy atom. The average molecular weight is 281 g/mol. The van der Waals surface area contributed by atoms with Gasteiger partial charge in [0.1, 0.15) is 0 Å². The van der Waals surface area contributed by atoms with Crippen LogP contribution in [0.1, 0.15) is 5.69 Å².